The SMILES string of the molecule is CC1CCCC(CN)(Cc2cccc([N+](=O)[O-])c2F)C1. The van der Waals surface area contributed by atoms with Crippen LogP contribution in [0.25, 0.3) is 0 Å². The molecule has 110 valence electrons. The minimum absolute atomic E-state index is 0.117. The van der Waals surface area contributed by atoms with Crippen LogP contribution in [0.5, 0.6) is 0 Å². The molecule has 1 aliphatic carbocycles. The first kappa shape index (κ1) is 14.9. The summed E-state index contributed by atoms with van der Waals surface area (Å²) in [4.78, 5) is 10.1. The number of nitrogens with two attached hydrogens (primary N) is 1. The fraction of sp³-hybridized carbons (Fsp3) is 0.600. The molecule has 0 saturated heterocycles. The van der Waals surface area contributed by atoms with E-state index in [1.54, 1.807) is 12.1 Å². The summed E-state index contributed by atoms with van der Waals surface area (Å²) in [6, 6.07) is 4.39. The number of rotatable bonds is 4. The van der Waals surface area contributed by atoms with Crippen molar-refractivity contribution >= 4 is 5.69 Å². The first-order valence-electron chi connectivity index (χ1n) is 7.09. The maximum atomic E-state index is 14.2. The summed E-state index contributed by atoms with van der Waals surface area (Å²) in [6.45, 7) is 2.69. The van der Waals surface area contributed by atoms with Crippen molar-refractivity contribution in [3.63, 3.8) is 0 Å². The van der Waals surface area contributed by atoms with Crippen LogP contribution in [0.4, 0.5) is 10.1 Å². The van der Waals surface area contributed by atoms with E-state index in [1.165, 1.54) is 12.5 Å². The van der Waals surface area contributed by atoms with Crippen molar-refractivity contribution in [1.29, 1.82) is 0 Å². The summed E-state index contributed by atoms with van der Waals surface area (Å²) in [5.41, 5.74) is 5.79. The number of hydrogen-bond acceptors (Lipinski definition) is 3. The van der Waals surface area contributed by atoms with Crippen LogP contribution in [-0.2, 0) is 6.42 Å². The lowest BCUT2D eigenvalue weighted by atomic mass is 9.67. The molecule has 0 aliphatic heterocycles. The highest BCUT2D eigenvalue weighted by molar-refractivity contribution is 5.37. The molecule has 1 aromatic carbocycles. The molecule has 2 atom stereocenters. The van der Waals surface area contributed by atoms with Gasteiger partial charge in [-0.25, -0.2) is 0 Å². The zero-order valence-corrected chi connectivity index (χ0v) is 11.8. The van der Waals surface area contributed by atoms with Gasteiger partial charge >= 0.3 is 5.69 Å². The Morgan fingerprint density at radius 1 is 1.55 bits per heavy atom. The maximum Gasteiger partial charge on any atom is 0.305 e. The smallest absolute Gasteiger partial charge is 0.305 e. The van der Waals surface area contributed by atoms with E-state index >= 15 is 0 Å². The summed E-state index contributed by atoms with van der Waals surface area (Å²) in [7, 11) is 0. The summed E-state index contributed by atoms with van der Waals surface area (Å²) in [5.74, 6) is -0.127. The molecule has 2 N–H and O–H groups in total. The van der Waals surface area contributed by atoms with Gasteiger partial charge in [-0.05, 0) is 42.7 Å². The van der Waals surface area contributed by atoms with Gasteiger partial charge in [-0.2, -0.15) is 4.39 Å². The molecule has 2 unspecified atom stereocenters. The van der Waals surface area contributed by atoms with Crippen LogP contribution >= 0.6 is 0 Å². The van der Waals surface area contributed by atoms with E-state index in [-0.39, 0.29) is 5.41 Å². The van der Waals surface area contributed by atoms with Crippen LogP contribution in [-0.4, -0.2) is 11.5 Å². The quantitative estimate of drug-likeness (QED) is 0.678. The predicted molar refractivity (Wildman–Crippen MR) is 75.9 cm³/mol. The molecule has 1 aliphatic rings. The van der Waals surface area contributed by atoms with Crippen molar-refractivity contribution in [2.24, 2.45) is 17.1 Å². The highest BCUT2D eigenvalue weighted by Gasteiger charge is 2.35. The average molecular weight is 280 g/mol. The molecule has 0 bridgehead atoms. The highest BCUT2D eigenvalue weighted by atomic mass is 19.1. The second kappa shape index (κ2) is 5.87. The molecule has 2 rings (SSSR count). The van der Waals surface area contributed by atoms with Crippen molar-refractivity contribution in [3.8, 4) is 0 Å². The molecule has 20 heavy (non-hydrogen) atoms. The molecule has 0 spiro atoms. The van der Waals surface area contributed by atoms with Gasteiger partial charge in [0.05, 0.1) is 4.92 Å². The zero-order chi connectivity index (χ0) is 14.8. The largest absolute Gasteiger partial charge is 0.330 e. The Morgan fingerprint density at radius 3 is 2.90 bits per heavy atom. The Morgan fingerprint density at radius 2 is 2.30 bits per heavy atom. The molecule has 4 nitrogen and oxygen atoms in total. The number of nitro benzene ring substituents is 1. The van der Waals surface area contributed by atoms with Crippen LogP contribution < -0.4 is 5.73 Å². The minimum atomic E-state index is -0.705. The maximum absolute atomic E-state index is 14.2. The van der Waals surface area contributed by atoms with E-state index in [0.29, 0.717) is 24.4 Å². The fourth-order valence-electron chi connectivity index (χ4n) is 3.43. The Bertz CT molecular complexity index is 507. The van der Waals surface area contributed by atoms with Crippen LogP contribution in [0.2, 0.25) is 0 Å². The molecular weight excluding hydrogens is 259 g/mol. The predicted octanol–water partition coefficient (Wildman–Crippen LogP) is 3.43. The van der Waals surface area contributed by atoms with Crippen molar-refractivity contribution in [2.45, 2.75) is 39.0 Å². The zero-order valence-electron chi connectivity index (χ0n) is 11.8. The van der Waals surface area contributed by atoms with Gasteiger partial charge in [0.2, 0.25) is 5.82 Å². The van der Waals surface area contributed by atoms with E-state index in [2.05, 4.69) is 6.92 Å². The monoisotopic (exact) mass is 280 g/mol. The van der Waals surface area contributed by atoms with Crippen molar-refractivity contribution < 1.29 is 9.31 Å². The lowest BCUT2D eigenvalue weighted by Gasteiger charge is -2.39. The topological polar surface area (TPSA) is 69.2 Å². The van der Waals surface area contributed by atoms with Gasteiger partial charge in [0.25, 0.3) is 0 Å². The van der Waals surface area contributed by atoms with Crippen LogP contribution in [0, 0.1) is 27.3 Å². The molecule has 0 heterocycles. The van der Waals surface area contributed by atoms with Gasteiger partial charge in [0, 0.05) is 6.07 Å². The van der Waals surface area contributed by atoms with Gasteiger partial charge in [-0.3, -0.25) is 10.1 Å². The molecule has 0 radical (unpaired) electrons. The van der Waals surface area contributed by atoms with Gasteiger partial charge in [0.1, 0.15) is 0 Å². The average Bonchev–Trinajstić information content (AvgIpc) is 2.41. The third-order valence-electron chi connectivity index (χ3n) is 4.44. The Kier molecular flexibility index (Phi) is 4.38. The van der Waals surface area contributed by atoms with E-state index in [4.69, 9.17) is 5.73 Å². The Balaban J connectivity index is 2.28. The number of halogens is 1. The second-order valence-corrected chi connectivity index (χ2v) is 6.09. The second-order valence-electron chi connectivity index (χ2n) is 6.09. The molecular formula is C15H21FN2O2. The van der Waals surface area contributed by atoms with Crippen LogP contribution in [0.3, 0.4) is 0 Å². The van der Waals surface area contributed by atoms with Crippen LogP contribution in [0.15, 0.2) is 18.2 Å². The molecule has 0 aromatic heterocycles. The Labute approximate surface area is 118 Å². The number of nitrogens with zero attached hydrogens (tertiary/aromatic N) is 1. The van der Waals surface area contributed by atoms with Crippen molar-refractivity contribution in [2.75, 3.05) is 6.54 Å². The minimum Gasteiger partial charge on any atom is -0.330 e. The standard InChI is InChI=1S/C15H21FN2O2/c1-11-4-3-7-15(8-11,10-17)9-12-5-2-6-13(14(12)16)18(19)20/h2,5-6,11H,3-4,7-10,17H2,1H3. The van der Waals surface area contributed by atoms with Gasteiger partial charge in [0.15, 0.2) is 0 Å². The van der Waals surface area contributed by atoms with E-state index < -0.39 is 16.4 Å². The van der Waals surface area contributed by atoms with Crippen molar-refractivity contribution in [1.82, 2.24) is 0 Å². The van der Waals surface area contributed by atoms with Crippen molar-refractivity contribution in [3.05, 3.63) is 39.7 Å². The number of nitro groups is 1. The molecule has 1 saturated carbocycles. The normalized spacial score (nSPS) is 26.4. The number of hydrogen-bond donors (Lipinski definition) is 1. The lowest BCUT2D eigenvalue weighted by Crippen LogP contribution is -2.37. The van der Waals surface area contributed by atoms with E-state index in [1.807, 2.05) is 0 Å². The van der Waals surface area contributed by atoms with E-state index in [9.17, 15) is 14.5 Å². The molecule has 0 amide bonds. The van der Waals surface area contributed by atoms with Gasteiger partial charge in [-0.15, -0.1) is 0 Å². The van der Waals surface area contributed by atoms with Gasteiger partial charge in [-0.1, -0.05) is 31.9 Å². The summed E-state index contributed by atoms with van der Waals surface area (Å²) in [5, 5.41) is 10.8. The summed E-state index contributed by atoms with van der Waals surface area (Å²) in [6.07, 6.45) is 4.69. The lowest BCUT2D eigenvalue weighted by molar-refractivity contribution is -0.387. The van der Waals surface area contributed by atoms with E-state index in [0.717, 1.165) is 19.3 Å². The van der Waals surface area contributed by atoms with Crippen LogP contribution in [0.1, 0.15) is 38.2 Å². The third kappa shape index (κ3) is 2.98. The van der Waals surface area contributed by atoms with Gasteiger partial charge < -0.3 is 5.73 Å². The highest BCUT2D eigenvalue weighted by Crippen LogP contribution is 2.41. The summed E-state index contributed by atoms with van der Waals surface area (Å²) < 4.78 is 14.2. The number of benzene rings is 1. The Hall–Kier alpha value is -1.49. The molecule has 1 aromatic rings. The fourth-order valence-corrected chi connectivity index (χ4v) is 3.43. The third-order valence-corrected chi connectivity index (χ3v) is 4.44. The summed E-state index contributed by atoms with van der Waals surface area (Å²) >= 11 is 0. The first-order chi connectivity index (χ1) is 9.47. The molecule has 1 fully saturated rings. The first-order valence-corrected chi connectivity index (χ1v) is 7.09. The molecule has 5 heteroatoms.